The first kappa shape index (κ1) is 13.8. The SMILES string of the molecule is CCOC(C)(C)c1noc(-c2ccc(N)cc2Cl)n1. The van der Waals surface area contributed by atoms with Gasteiger partial charge in [0.05, 0.1) is 10.6 Å². The summed E-state index contributed by atoms with van der Waals surface area (Å²) in [6, 6.07) is 5.13. The second-order valence-corrected chi connectivity index (χ2v) is 5.01. The Morgan fingerprint density at radius 2 is 2.16 bits per heavy atom. The molecule has 0 amide bonds. The zero-order valence-corrected chi connectivity index (χ0v) is 11.9. The summed E-state index contributed by atoms with van der Waals surface area (Å²) < 4.78 is 10.8. The monoisotopic (exact) mass is 281 g/mol. The van der Waals surface area contributed by atoms with Crippen LogP contribution < -0.4 is 5.73 Å². The second-order valence-electron chi connectivity index (χ2n) is 4.61. The molecule has 0 aliphatic rings. The number of anilines is 1. The third-order valence-corrected chi connectivity index (χ3v) is 3.01. The van der Waals surface area contributed by atoms with E-state index in [1.54, 1.807) is 18.2 Å². The number of ether oxygens (including phenoxy) is 1. The van der Waals surface area contributed by atoms with Crippen molar-refractivity contribution < 1.29 is 9.26 Å². The highest BCUT2D eigenvalue weighted by molar-refractivity contribution is 6.33. The van der Waals surface area contributed by atoms with E-state index in [1.165, 1.54) is 0 Å². The van der Waals surface area contributed by atoms with Crippen LogP contribution in [-0.4, -0.2) is 16.7 Å². The van der Waals surface area contributed by atoms with Crippen molar-refractivity contribution in [2.75, 3.05) is 12.3 Å². The molecule has 19 heavy (non-hydrogen) atoms. The van der Waals surface area contributed by atoms with Crippen LogP contribution in [0.3, 0.4) is 0 Å². The highest BCUT2D eigenvalue weighted by atomic mass is 35.5. The molecule has 2 rings (SSSR count). The van der Waals surface area contributed by atoms with Gasteiger partial charge in [-0.2, -0.15) is 4.98 Å². The molecule has 5 nitrogen and oxygen atoms in total. The smallest absolute Gasteiger partial charge is 0.259 e. The summed E-state index contributed by atoms with van der Waals surface area (Å²) in [6.07, 6.45) is 0. The lowest BCUT2D eigenvalue weighted by atomic mass is 10.1. The van der Waals surface area contributed by atoms with Gasteiger partial charge >= 0.3 is 0 Å². The van der Waals surface area contributed by atoms with Gasteiger partial charge in [-0.15, -0.1) is 0 Å². The molecule has 102 valence electrons. The van der Waals surface area contributed by atoms with E-state index in [1.807, 2.05) is 20.8 Å². The van der Waals surface area contributed by atoms with E-state index >= 15 is 0 Å². The molecule has 0 spiro atoms. The predicted octanol–water partition coefficient (Wildman–Crippen LogP) is 3.24. The first-order chi connectivity index (χ1) is 8.94. The maximum atomic E-state index is 6.11. The van der Waals surface area contributed by atoms with E-state index in [9.17, 15) is 0 Å². The number of benzene rings is 1. The van der Waals surface area contributed by atoms with Crippen molar-refractivity contribution in [3.63, 3.8) is 0 Å². The van der Waals surface area contributed by atoms with Gasteiger partial charge in [-0.05, 0) is 39.0 Å². The van der Waals surface area contributed by atoms with Crippen LogP contribution in [0.2, 0.25) is 5.02 Å². The normalized spacial score (nSPS) is 11.8. The number of halogens is 1. The molecular formula is C13H16ClN3O2. The van der Waals surface area contributed by atoms with Crippen molar-refractivity contribution >= 4 is 17.3 Å². The maximum Gasteiger partial charge on any atom is 0.259 e. The summed E-state index contributed by atoms with van der Waals surface area (Å²) in [5.74, 6) is 0.838. The lowest BCUT2D eigenvalue weighted by Gasteiger charge is -2.19. The van der Waals surface area contributed by atoms with Crippen molar-refractivity contribution in [2.45, 2.75) is 26.4 Å². The second kappa shape index (κ2) is 5.19. The minimum atomic E-state index is -0.600. The Kier molecular flexibility index (Phi) is 3.78. The van der Waals surface area contributed by atoms with E-state index in [0.717, 1.165) is 0 Å². The Bertz CT molecular complexity index is 581. The van der Waals surface area contributed by atoms with Gasteiger partial charge in [0.15, 0.2) is 0 Å². The fourth-order valence-corrected chi connectivity index (χ4v) is 1.98. The van der Waals surface area contributed by atoms with E-state index in [-0.39, 0.29) is 0 Å². The Morgan fingerprint density at radius 3 is 2.79 bits per heavy atom. The molecule has 0 atom stereocenters. The third kappa shape index (κ3) is 2.88. The summed E-state index contributed by atoms with van der Waals surface area (Å²) in [5, 5.41) is 4.42. The lowest BCUT2D eigenvalue weighted by Crippen LogP contribution is -2.23. The van der Waals surface area contributed by atoms with Gasteiger partial charge in [0.1, 0.15) is 5.60 Å². The lowest BCUT2D eigenvalue weighted by molar-refractivity contribution is -0.0221. The first-order valence-corrected chi connectivity index (χ1v) is 6.35. The van der Waals surface area contributed by atoms with Crippen molar-refractivity contribution in [2.24, 2.45) is 0 Å². The number of hydrogen-bond acceptors (Lipinski definition) is 5. The first-order valence-electron chi connectivity index (χ1n) is 5.97. The third-order valence-electron chi connectivity index (χ3n) is 2.69. The molecule has 2 N–H and O–H groups in total. The summed E-state index contributed by atoms with van der Waals surface area (Å²) >= 11 is 6.11. The summed E-state index contributed by atoms with van der Waals surface area (Å²) in [7, 11) is 0. The van der Waals surface area contributed by atoms with Crippen LogP contribution in [0.15, 0.2) is 22.7 Å². The Labute approximate surface area is 116 Å². The van der Waals surface area contributed by atoms with E-state index in [4.69, 9.17) is 26.6 Å². The van der Waals surface area contributed by atoms with E-state index in [2.05, 4.69) is 10.1 Å². The molecule has 0 radical (unpaired) electrons. The number of nitrogens with zero attached hydrogens (tertiary/aromatic N) is 2. The van der Waals surface area contributed by atoms with Crippen LogP contribution in [0.25, 0.3) is 11.5 Å². The molecule has 6 heteroatoms. The molecule has 0 unspecified atom stereocenters. The van der Waals surface area contributed by atoms with E-state index < -0.39 is 5.60 Å². The summed E-state index contributed by atoms with van der Waals surface area (Å²) in [6.45, 7) is 6.25. The standard InChI is InChI=1S/C13H16ClN3O2/c1-4-18-13(2,3)12-16-11(19-17-12)9-6-5-8(15)7-10(9)14/h5-7H,4,15H2,1-3H3. The van der Waals surface area contributed by atoms with E-state index in [0.29, 0.717) is 34.6 Å². The van der Waals surface area contributed by atoms with Crippen LogP contribution >= 0.6 is 11.6 Å². The number of nitrogen functional groups attached to an aromatic ring is 1. The highest BCUT2D eigenvalue weighted by Gasteiger charge is 2.27. The molecule has 2 aromatic rings. The number of rotatable bonds is 4. The van der Waals surface area contributed by atoms with Gasteiger partial charge in [0, 0.05) is 12.3 Å². The largest absolute Gasteiger partial charge is 0.399 e. The van der Waals surface area contributed by atoms with Gasteiger partial charge in [0.2, 0.25) is 5.82 Å². The van der Waals surface area contributed by atoms with Crippen LogP contribution in [0.4, 0.5) is 5.69 Å². The van der Waals surface area contributed by atoms with Crippen LogP contribution in [0.1, 0.15) is 26.6 Å². The molecule has 0 saturated carbocycles. The van der Waals surface area contributed by atoms with Gasteiger partial charge in [-0.1, -0.05) is 16.8 Å². The average Bonchev–Trinajstić information content (AvgIpc) is 2.78. The zero-order valence-electron chi connectivity index (χ0n) is 11.1. The number of nitrogens with two attached hydrogens (primary N) is 1. The topological polar surface area (TPSA) is 74.2 Å². The van der Waals surface area contributed by atoms with Crippen molar-refractivity contribution in [3.05, 3.63) is 29.0 Å². The quantitative estimate of drug-likeness (QED) is 0.871. The van der Waals surface area contributed by atoms with Gasteiger partial charge in [0.25, 0.3) is 5.89 Å². The van der Waals surface area contributed by atoms with Gasteiger partial charge in [-0.25, -0.2) is 0 Å². The number of hydrogen-bond donors (Lipinski definition) is 1. The van der Waals surface area contributed by atoms with Crippen LogP contribution in [0.5, 0.6) is 0 Å². The minimum Gasteiger partial charge on any atom is -0.399 e. The molecule has 1 heterocycles. The molecule has 1 aromatic heterocycles. The summed E-state index contributed by atoms with van der Waals surface area (Å²) in [4.78, 5) is 4.33. The maximum absolute atomic E-state index is 6.11. The molecule has 0 bridgehead atoms. The molecule has 0 saturated heterocycles. The van der Waals surface area contributed by atoms with Crippen LogP contribution in [0, 0.1) is 0 Å². The molecule has 0 fully saturated rings. The van der Waals surface area contributed by atoms with Crippen molar-refractivity contribution in [3.8, 4) is 11.5 Å². The Balaban J connectivity index is 2.35. The van der Waals surface area contributed by atoms with Crippen molar-refractivity contribution in [1.29, 1.82) is 0 Å². The molecule has 0 aliphatic carbocycles. The Hall–Kier alpha value is -1.59. The fourth-order valence-electron chi connectivity index (χ4n) is 1.71. The Morgan fingerprint density at radius 1 is 1.42 bits per heavy atom. The minimum absolute atomic E-state index is 0.354. The zero-order chi connectivity index (χ0) is 14.0. The predicted molar refractivity (Wildman–Crippen MR) is 73.8 cm³/mol. The molecular weight excluding hydrogens is 266 g/mol. The van der Waals surface area contributed by atoms with Gasteiger partial charge < -0.3 is 15.0 Å². The van der Waals surface area contributed by atoms with Gasteiger partial charge in [-0.3, -0.25) is 0 Å². The summed E-state index contributed by atoms with van der Waals surface area (Å²) in [5.41, 5.74) is 6.29. The molecule has 1 aromatic carbocycles. The molecule has 0 aliphatic heterocycles. The van der Waals surface area contributed by atoms with Crippen molar-refractivity contribution in [1.82, 2.24) is 10.1 Å². The highest BCUT2D eigenvalue weighted by Crippen LogP contribution is 2.30. The van der Waals surface area contributed by atoms with Crippen LogP contribution in [-0.2, 0) is 10.3 Å². The average molecular weight is 282 g/mol. The number of aromatic nitrogens is 2. The fraction of sp³-hybridized carbons (Fsp3) is 0.385.